The number of rotatable bonds is 6. The van der Waals surface area contributed by atoms with Gasteiger partial charge in [-0.3, -0.25) is 4.79 Å². The summed E-state index contributed by atoms with van der Waals surface area (Å²) in [4.78, 5) is 24.3. The molecule has 0 bridgehead atoms. The van der Waals surface area contributed by atoms with Crippen LogP contribution in [0.3, 0.4) is 0 Å². The van der Waals surface area contributed by atoms with E-state index in [1.807, 2.05) is 24.3 Å². The van der Waals surface area contributed by atoms with Crippen LogP contribution in [0, 0.1) is 11.8 Å². The standard InChI is InChI=1S/C21H29NO4/c1-14-6-5-7-19(15(14)2)22-21(24)16(3)26-20(23)13-10-17-8-11-18(25-4)12-9-17/h8-16,19H,5-7H2,1-4H3,(H,22,24)/b13-10+/t14-,15-,16-,19-/m1/s1. The van der Waals surface area contributed by atoms with Crippen LogP contribution in [-0.4, -0.2) is 31.1 Å². The number of esters is 1. The fourth-order valence-electron chi connectivity index (χ4n) is 3.23. The van der Waals surface area contributed by atoms with E-state index in [0.717, 1.165) is 24.2 Å². The summed E-state index contributed by atoms with van der Waals surface area (Å²) in [6, 6.07) is 7.46. The molecule has 1 saturated carbocycles. The van der Waals surface area contributed by atoms with Crippen LogP contribution in [0.1, 0.15) is 45.6 Å². The number of methoxy groups -OCH3 is 1. The van der Waals surface area contributed by atoms with E-state index in [1.165, 1.54) is 12.5 Å². The molecule has 5 nitrogen and oxygen atoms in total. The van der Waals surface area contributed by atoms with E-state index in [-0.39, 0.29) is 11.9 Å². The molecule has 0 heterocycles. The first-order valence-electron chi connectivity index (χ1n) is 9.24. The number of benzene rings is 1. The van der Waals surface area contributed by atoms with E-state index in [2.05, 4.69) is 19.2 Å². The van der Waals surface area contributed by atoms with Crippen molar-refractivity contribution in [3.8, 4) is 5.75 Å². The molecule has 1 amide bonds. The molecule has 0 saturated heterocycles. The largest absolute Gasteiger partial charge is 0.497 e. The topological polar surface area (TPSA) is 64.6 Å². The van der Waals surface area contributed by atoms with Gasteiger partial charge in [0, 0.05) is 12.1 Å². The number of carbonyl (C=O) groups excluding carboxylic acids is 2. The average molecular weight is 359 g/mol. The summed E-state index contributed by atoms with van der Waals surface area (Å²) in [7, 11) is 1.60. The van der Waals surface area contributed by atoms with Gasteiger partial charge in [0.15, 0.2) is 6.10 Å². The molecule has 1 aliphatic rings. The zero-order chi connectivity index (χ0) is 19.1. The number of ether oxygens (including phenoxy) is 2. The van der Waals surface area contributed by atoms with E-state index < -0.39 is 12.1 Å². The van der Waals surface area contributed by atoms with Gasteiger partial charge in [-0.1, -0.05) is 38.8 Å². The van der Waals surface area contributed by atoms with Gasteiger partial charge in [0.1, 0.15) is 5.75 Å². The van der Waals surface area contributed by atoms with Gasteiger partial charge < -0.3 is 14.8 Å². The quantitative estimate of drug-likeness (QED) is 0.623. The Labute approximate surface area is 155 Å². The van der Waals surface area contributed by atoms with Crippen LogP contribution in [-0.2, 0) is 14.3 Å². The highest BCUT2D eigenvalue weighted by atomic mass is 16.5. The van der Waals surface area contributed by atoms with Gasteiger partial charge in [-0.15, -0.1) is 0 Å². The smallest absolute Gasteiger partial charge is 0.331 e. The van der Waals surface area contributed by atoms with Crippen molar-refractivity contribution in [3.05, 3.63) is 35.9 Å². The predicted molar refractivity (Wildman–Crippen MR) is 102 cm³/mol. The maximum Gasteiger partial charge on any atom is 0.331 e. The Bertz CT molecular complexity index is 638. The summed E-state index contributed by atoms with van der Waals surface area (Å²) in [5, 5.41) is 3.04. The van der Waals surface area contributed by atoms with Crippen LogP contribution in [0.15, 0.2) is 30.3 Å². The van der Waals surface area contributed by atoms with Crippen molar-refractivity contribution < 1.29 is 19.1 Å². The monoisotopic (exact) mass is 359 g/mol. The van der Waals surface area contributed by atoms with Gasteiger partial charge in [-0.05, 0) is 49.0 Å². The minimum absolute atomic E-state index is 0.155. The van der Waals surface area contributed by atoms with Gasteiger partial charge in [0.25, 0.3) is 5.91 Å². The number of hydrogen-bond donors (Lipinski definition) is 1. The molecule has 5 heteroatoms. The third kappa shape index (κ3) is 5.61. The summed E-state index contributed by atoms with van der Waals surface area (Å²) in [5.74, 6) is 1.02. The second-order valence-electron chi connectivity index (χ2n) is 7.07. The molecule has 142 valence electrons. The predicted octanol–water partition coefficient (Wildman–Crippen LogP) is 3.58. The van der Waals surface area contributed by atoms with Crippen molar-refractivity contribution in [1.82, 2.24) is 5.32 Å². The van der Waals surface area contributed by atoms with Crippen LogP contribution in [0.25, 0.3) is 6.08 Å². The average Bonchev–Trinajstić information content (AvgIpc) is 2.64. The molecule has 26 heavy (non-hydrogen) atoms. The molecule has 4 atom stereocenters. The number of carbonyl (C=O) groups is 2. The highest BCUT2D eigenvalue weighted by Gasteiger charge is 2.29. The van der Waals surface area contributed by atoms with Gasteiger partial charge in [-0.25, -0.2) is 4.79 Å². The first-order valence-corrected chi connectivity index (χ1v) is 9.24. The molecule has 0 aliphatic heterocycles. The molecule has 0 radical (unpaired) electrons. The van der Waals surface area contributed by atoms with Crippen LogP contribution in [0.4, 0.5) is 0 Å². The lowest BCUT2D eigenvalue weighted by molar-refractivity contribution is -0.150. The SMILES string of the molecule is COc1ccc(/C=C/C(=O)O[C@H](C)C(=O)N[C@@H]2CCC[C@@H](C)[C@H]2C)cc1. The maximum atomic E-state index is 12.3. The van der Waals surface area contributed by atoms with Crippen molar-refractivity contribution in [3.63, 3.8) is 0 Å². The molecule has 0 aromatic heterocycles. The summed E-state index contributed by atoms with van der Waals surface area (Å²) >= 11 is 0. The van der Waals surface area contributed by atoms with Crippen LogP contribution < -0.4 is 10.1 Å². The summed E-state index contributed by atoms with van der Waals surface area (Å²) in [5.41, 5.74) is 0.852. The van der Waals surface area contributed by atoms with Gasteiger partial charge in [0.05, 0.1) is 7.11 Å². The fraction of sp³-hybridized carbons (Fsp3) is 0.524. The summed E-state index contributed by atoms with van der Waals surface area (Å²) in [6.07, 6.45) is 5.47. The maximum absolute atomic E-state index is 12.3. The summed E-state index contributed by atoms with van der Waals surface area (Å²) < 4.78 is 10.3. The third-order valence-electron chi connectivity index (χ3n) is 5.22. The lowest BCUT2D eigenvalue weighted by Crippen LogP contribution is -2.47. The third-order valence-corrected chi connectivity index (χ3v) is 5.22. The van der Waals surface area contributed by atoms with E-state index in [1.54, 1.807) is 20.1 Å². The zero-order valence-corrected chi connectivity index (χ0v) is 16.0. The molecule has 0 unspecified atom stereocenters. The Morgan fingerprint density at radius 1 is 1.19 bits per heavy atom. The van der Waals surface area contributed by atoms with Crippen LogP contribution >= 0.6 is 0 Å². The Morgan fingerprint density at radius 3 is 2.54 bits per heavy atom. The number of nitrogens with one attached hydrogen (secondary N) is 1. The van der Waals surface area contributed by atoms with E-state index in [0.29, 0.717) is 11.8 Å². The minimum Gasteiger partial charge on any atom is -0.497 e. The van der Waals surface area contributed by atoms with E-state index in [9.17, 15) is 9.59 Å². The minimum atomic E-state index is -0.813. The molecule has 1 aliphatic carbocycles. The van der Waals surface area contributed by atoms with Crippen molar-refractivity contribution in [2.24, 2.45) is 11.8 Å². The Balaban J connectivity index is 1.83. The first kappa shape index (κ1) is 20.0. The van der Waals surface area contributed by atoms with Crippen molar-refractivity contribution >= 4 is 18.0 Å². The first-order chi connectivity index (χ1) is 12.4. The molecule has 1 aromatic rings. The van der Waals surface area contributed by atoms with Crippen molar-refractivity contribution in [1.29, 1.82) is 0 Å². The molecular weight excluding hydrogens is 330 g/mol. The summed E-state index contributed by atoms with van der Waals surface area (Å²) in [6.45, 7) is 5.99. The second-order valence-corrected chi connectivity index (χ2v) is 7.07. The second kappa shape index (κ2) is 9.41. The van der Waals surface area contributed by atoms with E-state index >= 15 is 0 Å². The molecule has 1 aromatic carbocycles. The fourth-order valence-corrected chi connectivity index (χ4v) is 3.23. The van der Waals surface area contributed by atoms with Crippen molar-refractivity contribution in [2.45, 2.75) is 52.2 Å². The molecule has 0 spiro atoms. The van der Waals surface area contributed by atoms with Gasteiger partial charge in [-0.2, -0.15) is 0 Å². The lowest BCUT2D eigenvalue weighted by Gasteiger charge is -2.35. The Hall–Kier alpha value is -2.30. The molecular formula is C21H29NO4. The highest BCUT2D eigenvalue weighted by Crippen LogP contribution is 2.29. The van der Waals surface area contributed by atoms with E-state index in [4.69, 9.17) is 9.47 Å². The molecule has 1 N–H and O–H groups in total. The zero-order valence-electron chi connectivity index (χ0n) is 16.0. The normalized spacial score (nSPS) is 24.1. The number of amides is 1. The highest BCUT2D eigenvalue weighted by molar-refractivity contribution is 5.90. The Kier molecular flexibility index (Phi) is 7.25. The van der Waals surface area contributed by atoms with Crippen LogP contribution in [0.2, 0.25) is 0 Å². The van der Waals surface area contributed by atoms with Gasteiger partial charge in [0.2, 0.25) is 0 Å². The van der Waals surface area contributed by atoms with Gasteiger partial charge >= 0.3 is 5.97 Å². The molecule has 1 fully saturated rings. The number of hydrogen-bond acceptors (Lipinski definition) is 4. The Morgan fingerprint density at radius 2 is 1.88 bits per heavy atom. The van der Waals surface area contributed by atoms with Crippen LogP contribution in [0.5, 0.6) is 5.75 Å². The molecule has 2 rings (SSSR count). The van der Waals surface area contributed by atoms with Crippen molar-refractivity contribution in [2.75, 3.05) is 7.11 Å². The lowest BCUT2D eigenvalue weighted by atomic mass is 9.78.